The first-order valence-electron chi connectivity index (χ1n) is 7.96. The molecule has 0 saturated carbocycles. The zero-order valence-corrected chi connectivity index (χ0v) is 13.8. The highest BCUT2D eigenvalue weighted by molar-refractivity contribution is 6.04. The molecule has 1 heterocycles. The maximum absolute atomic E-state index is 11.9. The summed E-state index contributed by atoms with van der Waals surface area (Å²) in [4.78, 5) is 20.0. The van der Waals surface area contributed by atoms with Gasteiger partial charge in [-0.15, -0.1) is 0 Å². The zero-order valence-electron chi connectivity index (χ0n) is 13.8. The minimum absolute atomic E-state index is 0.114. The van der Waals surface area contributed by atoms with E-state index in [9.17, 15) is 4.79 Å². The minimum Gasteiger partial charge on any atom is -0.368 e. The largest absolute Gasteiger partial charge is 0.368 e. The van der Waals surface area contributed by atoms with Crippen molar-refractivity contribution in [2.75, 3.05) is 12.3 Å². The van der Waals surface area contributed by atoms with E-state index in [4.69, 9.17) is 5.73 Å². The molecular weight excluding hydrogens is 300 g/mol. The third kappa shape index (κ3) is 3.35. The van der Waals surface area contributed by atoms with Crippen molar-refractivity contribution < 1.29 is 4.79 Å². The van der Waals surface area contributed by atoms with Crippen LogP contribution in [0.15, 0.2) is 53.6 Å². The second kappa shape index (κ2) is 6.66. The summed E-state index contributed by atoms with van der Waals surface area (Å²) in [6.45, 7) is 4.36. The fraction of sp³-hybridized carbons (Fsp3) is 0.211. The van der Waals surface area contributed by atoms with Crippen LogP contribution in [-0.4, -0.2) is 22.4 Å². The molecule has 24 heavy (non-hydrogen) atoms. The van der Waals surface area contributed by atoms with Crippen molar-refractivity contribution in [2.45, 2.75) is 20.3 Å². The molecule has 1 aromatic carbocycles. The Labute approximate surface area is 141 Å². The van der Waals surface area contributed by atoms with Crippen molar-refractivity contribution in [1.82, 2.24) is 15.3 Å². The molecule has 0 atom stereocenters. The van der Waals surface area contributed by atoms with E-state index in [0.717, 1.165) is 10.9 Å². The maximum atomic E-state index is 11.9. The third-order valence-electron chi connectivity index (χ3n) is 3.85. The van der Waals surface area contributed by atoms with Gasteiger partial charge in [-0.05, 0) is 43.5 Å². The number of amides is 1. The average molecular weight is 320 g/mol. The van der Waals surface area contributed by atoms with Crippen LogP contribution in [0.3, 0.4) is 0 Å². The van der Waals surface area contributed by atoms with Gasteiger partial charge in [-0.25, -0.2) is 9.97 Å². The molecule has 5 heteroatoms. The molecular formula is C19H20N4O. The summed E-state index contributed by atoms with van der Waals surface area (Å²) in [5.41, 5.74) is 10.6. The summed E-state index contributed by atoms with van der Waals surface area (Å²) in [5, 5.41) is 3.44. The molecule has 0 aliphatic heterocycles. The molecule has 2 bridgehead atoms. The first-order valence-corrected chi connectivity index (χ1v) is 7.96. The molecule has 2 aliphatic carbocycles. The number of hydrogen-bond acceptors (Lipinski definition) is 4. The number of hydrogen-bond donors (Lipinski definition) is 2. The van der Waals surface area contributed by atoms with Gasteiger partial charge in [0.05, 0.1) is 5.52 Å². The van der Waals surface area contributed by atoms with Crippen molar-refractivity contribution in [3.8, 4) is 0 Å². The van der Waals surface area contributed by atoms with Crippen molar-refractivity contribution in [1.29, 1.82) is 0 Å². The van der Waals surface area contributed by atoms with Crippen molar-refractivity contribution in [2.24, 2.45) is 0 Å². The predicted octanol–water partition coefficient (Wildman–Crippen LogP) is 3.08. The number of anilines is 1. The summed E-state index contributed by atoms with van der Waals surface area (Å²) in [6, 6.07) is 5.65. The number of carbonyl (C=O) groups is 1. The molecule has 3 N–H and O–H groups in total. The molecule has 2 aliphatic rings. The van der Waals surface area contributed by atoms with Gasteiger partial charge in [0.15, 0.2) is 0 Å². The highest BCUT2D eigenvalue weighted by Gasteiger charge is 2.13. The molecule has 4 rings (SSSR count). The van der Waals surface area contributed by atoms with Crippen LogP contribution in [0, 0.1) is 6.92 Å². The first-order chi connectivity index (χ1) is 11.6. The second-order valence-electron chi connectivity index (χ2n) is 5.80. The molecule has 0 saturated heterocycles. The lowest BCUT2D eigenvalue weighted by molar-refractivity contribution is 0.0952. The van der Waals surface area contributed by atoms with E-state index in [0.29, 0.717) is 17.8 Å². The normalized spacial score (nSPS) is 14.1. The van der Waals surface area contributed by atoms with Gasteiger partial charge in [-0.2, -0.15) is 0 Å². The number of rotatable bonds is 2. The van der Waals surface area contributed by atoms with Gasteiger partial charge in [-0.3, -0.25) is 4.79 Å². The van der Waals surface area contributed by atoms with Gasteiger partial charge in [-0.1, -0.05) is 35.9 Å². The third-order valence-corrected chi connectivity index (χ3v) is 3.85. The van der Waals surface area contributed by atoms with Gasteiger partial charge < -0.3 is 11.1 Å². The number of nitrogens with two attached hydrogens (primary N) is 1. The number of carbonyl (C=O) groups excluding carboxylic acids is 1. The lowest BCUT2D eigenvalue weighted by atomic mass is 10.1. The van der Waals surface area contributed by atoms with Crippen LogP contribution in [0.4, 0.5) is 5.95 Å². The van der Waals surface area contributed by atoms with Gasteiger partial charge in [0.25, 0.3) is 5.91 Å². The second-order valence-corrected chi connectivity index (χ2v) is 5.80. The number of nitrogen functional groups attached to an aromatic ring is 1. The van der Waals surface area contributed by atoms with Crippen LogP contribution in [0.25, 0.3) is 10.9 Å². The number of aromatic nitrogens is 2. The Morgan fingerprint density at radius 2 is 1.92 bits per heavy atom. The molecule has 1 aromatic heterocycles. The minimum atomic E-state index is -0.225. The van der Waals surface area contributed by atoms with Crippen LogP contribution >= 0.6 is 0 Å². The number of nitrogens with zero attached hydrogens (tertiary/aromatic N) is 2. The van der Waals surface area contributed by atoms with Crippen LogP contribution < -0.4 is 11.1 Å². The standard InChI is InChI=1S/C12H14N4O.C7H6/c1-3-14-11(17)10-8-6-7(2)4-5-9(8)15-12(13)16-10;1-2-7-4-3-6(1)5-7/h4-6H,3H2,1-2H3,(H,14,17)(H2,13,15,16);1-4H,5H2. The van der Waals surface area contributed by atoms with Gasteiger partial charge in [0.1, 0.15) is 5.69 Å². The van der Waals surface area contributed by atoms with E-state index < -0.39 is 0 Å². The van der Waals surface area contributed by atoms with Crippen LogP contribution in [-0.2, 0) is 0 Å². The first kappa shape index (κ1) is 15.9. The number of benzene rings is 1. The molecule has 122 valence electrons. The summed E-state index contributed by atoms with van der Waals surface area (Å²) >= 11 is 0. The molecule has 0 fully saturated rings. The Bertz CT molecular complexity index is 874. The van der Waals surface area contributed by atoms with Crippen LogP contribution in [0.5, 0.6) is 0 Å². The Hall–Kier alpha value is -2.95. The Balaban J connectivity index is 0.000000198. The van der Waals surface area contributed by atoms with Crippen molar-refractivity contribution in [3.05, 3.63) is 64.9 Å². The number of aryl methyl sites for hydroxylation is 1. The highest BCUT2D eigenvalue weighted by atomic mass is 16.1. The van der Waals surface area contributed by atoms with E-state index >= 15 is 0 Å². The molecule has 1 amide bonds. The summed E-state index contributed by atoms with van der Waals surface area (Å²) in [7, 11) is 0. The van der Waals surface area contributed by atoms with E-state index in [1.807, 2.05) is 32.0 Å². The average Bonchev–Trinajstić information content (AvgIpc) is 3.21. The van der Waals surface area contributed by atoms with Gasteiger partial charge in [0, 0.05) is 11.9 Å². The topological polar surface area (TPSA) is 80.9 Å². The maximum Gasteiger partial charge on any atom is 0.270 e. The van der Waals surface area contributed by atoms with E-state index in [1.165, 1.54) is 17.6 Å². The smallest absolute Gasteiger partial charge is 0.270 e. The molecule has 0 radical (unpaired) electrons. The summed E-state index contributed by atoms with van der Waals surface area (Å²) in [6.07, 6.45) is 9.90. The molecule has 0 unspecified atom stereocenters. The Morgan fingerprint density at radius 1 is 1.21 bits per heavy atom. The summed E-state index contributed by atoms with van der Waals surface area (Å²) < 4.78 is 0. The quantitative estimate of drug-likeness (QED) is 0.891. The van der Waals surface area contributed by atoms with E-state index in [2.05, 4.69) is 39.6 Å². The van der Waals surface area contributed by atoms with Crippen LogP contribution in [0.2, 0.25) is 0 Å². The summed E-state index contributed by atoms with van der Waals surface area (Å²) in [5.74, 6) is -0.111. The number of fused-ring (bicyclic) bond motifs is 3. The molecule has 2 aromatic rings. The van der Waals surface area contributed by atoms with Crippen molar-refractivity contribution in [3.63, 3.8) is 0 Å². The fourth-order valence-corrected chi connectivity index (χ4v) is 2.69. The predicted molar refractivity (Wildman–Crippen MR) is 96.6 cm³/mol. The van der Waals surface area contributed by atoms with Gasteiger partial charge in [0.2, 0.25) is 5.95 Å². The lowest BCUT2D eigenvalue weighted by Crippen LogP contribution is -2.24. The Morgan fingerprint density at radius 3 is 2.46 bits per heavy atom. The molecule has 0 spiro atoms. The number of nitrogens with one attached hydrogen (secondary N) is 1. The lowest BCUT2D eigenvalue weighted by Gasteiger charge is -2.07. The van der Waals surface area contributed by atoms with Gasteiger partial charge >= 0.3 is 0 Å². The highest BCUT2D eigenvalue weighted by Crippen LogP contribution is 2.27. The molecule has 5 nitrogen and oxygen atoms in total. The van der Waals surface area contributed by atoms with E-state index in [1.54, 1.807) is 0 Å². The zero-order chi connectivity index (χ0) is 17.1. The fourth-order valence-electron chi connectivity index (χ4n) is 2.69. The van der Waals surface area contributed by atoms with Crippen molar-refractivity contribution >= 4 is 22.8 Å². The number of allylic oxidation sites excluding steroid dienone is 6. The van der Waals surface area contributed by atoms with Crippen LogP contribution in [0.1, 0.15) is 29.4 Å². The SMILES string of the molecule is C1=CC2=CC=C1C2.CCNC(=O)c1nc(N)nc2ccc(C)cc12. The Kier molecular flexibility index (Phi) is 4.42. The van der Waals surface area contributed by atoms with E-state index in [-0.39, 0.29) is 11.9 Å². The monoisotopic (exact) mass is 320 g/mol.